The molecule has 0 radical (unpaired) electrons. The Morgan fingerprint density at radius 2 is 1.61 bits per heavy atom. The molecule has 0 saturated carbocycles. The molecule has 0 aliphatic carbocycles. The zero-order valence-electron chi connectivity index (χ0n) is 16.8. The smallest absolute Gasteiger partial charge is 0.265 e. The number of nitrogens with zero attached hydrogens (tertiary/aromatic N) is 1. The largest absolute Gasteiger partial charge is 0.481 e. The Bertz CT molecular complexity index is 841. The Balaban J connectivity index is 1.72. The maximum atomic E-state index is 12.8. The van der Waals surface area contributed by atoms with Gasteiger partial charge in [-0.3, -0.25) is 9.59 Å². The third kappa shape index (κ3) is 4.53. The molecule has 148 valence electrons. The molecule has 1 saturated heterocycles. The molecule has 2 amide bonds. The molecule has 3 rings (SSSR count). The van der Waals surface area contributed by atoms with Crippen LogP contribution >= 0.6 is 0 Å². The number of carbonyl (C=O) groups is 2. The van der Waals surface area contributed by atoms with Gasteiger partial charge in [0.1, 0.15) is 5.75 Å². The van der Waals surface area contributed by atoms with E-state index in [4.69, 9.17) is 4.74 Å². The molecular formula is C23H28N2O3. The number of hydrogen-bond acceptors (Lipinski definition) is 3. The van der Waals surface area contributed by atoms with Crippen molar-refractivity contribution >= 4 is 17.5 Å². The Labute approximate surface area is 166 Å². The van der Waals surface area contributed by atoms with Gasteiger partial charge in [0.2, 0.25) is 0 Å². The summed E-state index contributed by atoms with van der Waals surface area (Å²) in [7, 11) is 0. The van der Waals surface area contributed by atoms with Gasteiger partial charge in [-0.2, -0.15) is 0 Å². The van der Waals surface area contributed by atoms with Crippen LogP contribution < -0.4 is 10.1 Å². The predicted octanol–water partition coefficient (Wildman–Crippen LogP) is 4.45. The van der Waals surface area contributed by atoms with Crippen molar-refractivity contribution in [3.05, 3.63) is 59.7 Å². The molecule has 1 unspecified atom stereocenters. The first kappa shape index (κ1) is 19.9. The van der Waals surface area contributed by atoms with E-state index in [-0.39, 0.29) is 11.8 Å². The number of nitrogens with one attached hydrogen (secondary N) is 1. The van der Waals surface area contributed by atoms with Crippen molar-refractivity contribution in [3.63, 3.8) is 0 Å². The van der Waals surface area contributed by atoms with Crippen LogP contribution in [-0.4, -0.2) is 35.9 Å². The van der Waals surface area contributed by atoms with Gasteiger partial charge in [-0.15, -0.1) is 0 Å². The van der Waals surface area contributed by atoms with Gasteiger partial charge in [-0.05, 0) is 49.4 Å². The molecule has 0 spiro atoms. The van der Waals surface area contributed by atoms with E-state index < -0.39 is 6.10 Å². The normalized spacial score (nSPS) is 14.8. The van der Waals surface area contributed by atoms with Crippen LogP contribution in [0, 0.1) is 0 Å². The first-order valence-electron chi connectivity index (χ1n) is 9.92. The summed E-state index contributed by atoms with van der Waals surface area (Å²) in [5, 5.41) is 2.87. The number of hydrogen-bond donors (Lipinski definition) is 1. The lowest BCUT2D eigenvalue weighted by Crippen LogP contribution is -2.32. The van der Waals surface area contributed by atoms with Crippen molar-refractivity contribution in [3.8, 4) is 5.75 Å². The number of benzene rings is 2. The molecule has 2 aromatic carbocycles. The first-order chi connectivity index (χ1) is 13.5. The fraction of sp³-hybridized carbons (Fsp3) is 0.391. The molecule has 2 aromatic rings. The standard InChI is InChI=1S/C23H28N2O3/c1-16(2)18-10-5-7-13-21(18)28-17(3)22(26)24-20-12-6-4-11-19(20)23(27)25-14-8-9-15-25/h4-7,10-13,16-17H,8-9,14-15H2,1-3H3,(H,24,26). The number of ether oxygens (including phenoxy) is 1. The maximum Gasteiger partial charge on any atom is 0.265 e. The molecule has 0 bridgehead atoms. The number of likely N-dealkylation sites (tertiary alicyclic amines) is 1. The van der Waals surface area contributed by atoms with E-state index in [1.807, 2.05) is 41.3 Å². The predicted molar refractivity (Wildman–Crippen MR) is 111 cm³/mol. The second-order valence-electron chi connectivity index (χ2n) is 7.49. The SMILES string of the molecule is CC(Oc1ccccc1C(C)C)C(=O)Nc1ccccc1C(=O)N1CCCC1. The molecule has 1 atom stereocenters. The topological polar surface area (TPSA) is 58.6 Å². The minimum absolute atomic E-state index is 0.0351. The maximum absolute atomic E-state index is 12.8. The van der Waals surface area contributed by atoms with Crippen LogP contribution in [0.3, 0.4) is 0 Å². The lowest BCUT2D eigenvalue weighted by atomic mass is 10.0. The highest BCUT2D eigenvalue weighted by Gasteiger charge is 2.24. The summed E-state index contributed by atoms with van der Waals surface area (Å²) in [5.74, 6) is 0.694. The molecule has 1 aliphatic heterocycles. The molecule has 1 heterocycles. The Morgan fingerprint density at radius 3 is 2.32 bits per heavy atom. The van der Waals surface area contributed by atoms with Gasteiger partial charge in [-0.1, -0.05) is 44.2 Å². The monoisotopic (exact) mass is 380 g/mol. The van der Waals surface area contributed by atoms with Crippen LogP contribution in [-0.2, 0) is 4.79 Å². The molecule has 1 aliphatic rings. The molecule has 0 aromatic heterocycles. The Hall–Kier alpha value is -2.82. The summed E-state index contributed by atoms with van der Waals surface area (Å²) in [6.07, 6.45) is 1.37. The van der Waals surface area contributed by atoms with Crippen molar-refractivity contribution < 1.29 is 14.3 Å². The number of anilines is 1. The van der Waals surface area contributed by atoms with Crippen molar-refractivity contribution in [2.75, 3.05) is 18.4 Å². The number of rotatable bonds is 6. The van der Waals surface area contributed by atoms with Crippen LogP contribution in [0.4, 0.5) is 5.69 Å². The Kier molecular flexibility index (Phi) is 6.34. The van der Waals surface area contributed by atoms with Gasteiger partial charge < -0.3 is 15.0 Å². The molecule has 28 heavy (non-hydrogen) atoms. The van der Waals surface area contributed by atoms with Crippen molar-refractivity contribution in [2.45, 2.75) is 45.6 Å². The molecule has 5 heteroatoms. The average Bonchev–Trinajstić information content (AvgIpc) is 3.23. The second kappa shape index (κ2) is 8.91. The summed E-state index contributed by atoms with van der Waals surface area (Å²) in [5.41, 5.74) is 2.11. The van der Waals surface area contributed by atoms with Crippen molar-refractivity contribution in [1.82, 2.24) is 4.90 Å². The summed E-state index contributed by atoms with van der Waals surface area (Å²) in [6.45, 7) is 7.44. The number of carbonyl (C=O) groups excluding carboxylic acids is 2. The number of amides is 2. The van der Waals surface area contributed by atoms with Gasteiger partial charge in [0.05, 0.1) is 11.3 Å². The molecule has 5 nitrogen and oxygen atoms in total. The highest BCUT2D eigenvalue weighted by Crippen LogP contribution is 2.27. The van der Waals surface area contributed by atoms with Gasteiger partial charge in [-0.25, -0.2) is 0 Å². The fourth-order valence-corrected chi connectivity index (χ4v) is 3.41. The minimum Gasteiger partial charge on any atom is -0.481 e. The minimum atomic E-state index is -0.685. The van der Waals surface area contributed by atoms with Gasteiger partial charge >= 0.3 is 0 Å². The highest BCUT2D eigenvalue weighted by atomic mass is 16.5. The fourth-order valence-electron chi connectivity index (χ4n) is 3.41. The van der Waals surface area contributed by atoms with Crippen molar-refractivity contribution in [2.24, 2.45) is 0 Å². The van der Waals surface area contributed by atoms with E-state index in [0.717, 1.165) is 31.5 Å². The van der Waals surface area contributed by atoms with Crippen LogP contribution in [0.15, 0.2) is 48.5 Å². The molecule has 1 fully saturated rings. The Morgan fingerprint density at radius 1 is 0.964 bits per heavy atom. The van der Waals surface area contributed by atoms with Gasteiger partial charge in [0, 0.05) is 13.1 Å². The van der Waals surface area contributed by atoms with E-state index in [1.54, 1.807) is 19.1 Å². The van der Waals surface area contributed by atoms with Crippen LogP contribution in [0.1, 0.15) is 55.5 Å². The highest BCUT2D eigenvalue weighted by molar-refractivity contribution is 6.04. The van der Waals surface area contributed by atoms with Crippen molar-refractivity contribution in [1.29, 1.82) is 0 Å². The van der Waals surface area contributed by atoms with Crippen LogP contribution in [0.5, 0.6) is 5.75 Å². The summed E-state index contributed by atoms with van der Waals surface area (Å²) in [6, 6.07) is 14.9. The average molecular weight is 380 g/mol. The molecule has 1 N–H and O–H groups in total. The van der Waals surface area contributed by atoms with Gasteiger partial charge in [0.25, 0.3) is 11.8 Å². The third-order valence-electron chi connectivity index (χ3n) is 5.02. The summed E-state index contributed by atoms with van der Waals surface area (Å²) >= 11 is 0. The quantitative estimate of drug-likeness (QED) is 0.805. The van der Waals surface area contributed by atoms with E-state index >= 15 is 0 Å². The van der Waals surface area contributed by atoms with Crippen LogP contribution in [0.25, 0.3) is 0 Å². The lowest BCUT2D eigenvalue weighted by molar-refractivity contribution is -0.122. The summed E-state index contributed by atoms with van der Waals surface area (Å²) < 4.78 is 5.93. The van der Waals surface area contributed by atoms with E-state index in [2.05, 4.69) is 19.2 Å². The lowest BCUT2D eigenvalue weighted by Gasteiger charge is -2.20. The van der Waals surface area contributed by atoms with E-state index in [0.29, 0.717) is 22.9 Å². The zero-order chi connectivity index (χ0) is 20.1. The molecular weight excluding hydrogens is 352 g/mol. The number of para-hydroxylation sites is 2. The second-order valence-corrected chi connectivity index (χ2v) is 7.49. The third-order valence-corrected chi connectivity index (χ3v) is 5.02. The van der Waals surface area contributed by atoms with E-state index in [1.165, 1.54) is 0 Å². The van der Waals surface area contributed by atoms with Gasteiger partial charge in [0.15, 0.2) is 6.10 Å². The van der Waals surface area contributed by atoms with Crippen LogP contribution in [0.2, 0.25) is 0 Å². The van der Waals surface area contributed by atoms with E-state index in [9.17, 15) is 9.59 Å². The first-order valence-corrected chi connectivity index (χ1v) is 9.92. The zero-order valence-corrected chi connectivity index (χ0v) is 16.8. The summed E-state index contributed by atoms with van der Waals surface area (Å²) in [4.78, 5) is 27.3.